The minimum absolute atomic E-state index is 0.00671. The minimum Gasteiger partial charge on any atom is -0.361 e. The molecular formula is C48H52Cl2F3N3O. The molecule has 0 fully saturated rings. The van der Waals surface area contributed by atoms with E-state index in [0.29, 0.717) is 28.9 Å². The summed E-state index contributed by atoms with van der Waals surface area (Å²) in [4.78, 5) is 18.3. The number of aromatic nitrogens is 1. The van der Waals surface area contributed by atoms with E-state index in [0.717, 1.165) is 53.4 Å². The summed E-state index contributed by atoms with van der Waals surface area (Å²) < 4.78 is 40.8. The van der Waals surface area contributed by atoms with Gasteiger partial charge in [-0.1, -0.05) is 138 Å². The SMILES string of the molecule is CC(C)(C)c1ccc(CN(CCc2ccc(Cl)cc2)C(=O)c2cc(C(F)(F)F)cc3cc[nH]c23)cc1.CC(C)(C)c1ccc(CNCCc2ccc(Cl)cc2)cc1. The van der Waals surface area contributed by atoms with Gasteiger partial charge >= 0.3 is 6.18 Å². The van der Waals surface area contributed by atoms with Gasteiger partial charge in [-0.2, -0.15) is 13.2 Å². The molecule has 5 aromatic carbocycles. The smallest absolute Gasteiger partial charge is 0.361 e. The molecule has 0 bridgehead atoms. The van der Waals surface area contributed by atoms with Crippen molar-refractivity contribution in [1.29, 1.82) is 0 Å². The normalized spacial score (nSPS) is 12.0. The maximum Gasteiger partial charge on any atom is 0.416 e. The number of H-pyrrole nitrogens is 1. The van der Waals surface area contributed by atoms with Crippen LogP contribution >= 0.6 is 23.2 Å². The Kier molecular flexibility index (Phi) is 14.4. The minimum atomic E-state index is -4.56. The molecular weight excluding hydrogens is 762 g/mol. The van der Waals surface area contributed by atoms with Crippen molar-refractivity contribution in [3.63, 3.8) is 0 Å². The topological polar surface area (TPSA) is 48.1 Å². The van der Waals surface area contributed by atoms with Gasteiger partial charge in [0.1, 0.15) is 0 Å². The van der Waals surface area contributed by atoms with Crippen molar-refractivity contribution in [1.82, 2.24) is 15.2 Å². The zero-order valence-corrected chi connectivity index (χ0v) is 35.0. The standard InChI is InChI=1S/C29H28ClF3N2O.C19H24ClN/c1-28(2,3)22-8-4-20(5-9-22)18-35(15-13-19-6-10-24(30)11-7-19)27(36)25-17-23(29(31,32)33)16-21-12-14-34-26(21)25;1-19(2,3)17-8-4-16(5-9-17)14-21-13-12-15-6-10-18(20)11-7-15/h4-12,14,16-17,34H,13,15,18H2,1-3H3;4-11,21H,12-14H2,1-3H3. The second-order valence-corrected chi connectivity index (χ2v) is 17.4. The maximum absolute atomic E-state index is 13.8. The summed E-state index contributed by atoms with van der Waals surface area (Å²) in [6.07, 6.45) is -1.45. The van der Waals surface area contributed by atoms with Crippen molar-refractivity contribution in [3.8, 4) is 0 Å². The lowest BCUT2D eigenvalue weighted by atomic mass is 9.86. The first-order valence-electron chi connectivity index (χ1n) is 19.2. The lowest BCUT2D eigenvalue weighted by Gasteiger charge is -2.25. The first-order chi connectivity index (χ1) is 26.9. The van der Waals surface area contributed by atoms with Crippen LogP contribution < -0.4 is 5.32 Å². The third-order valence-corrected chi connectivity index (χ3v) is 10.4. The number of halogens is 5. The van der Waals surface area contributed by atoms with Gasteiger partial charge in [0, 0.05) is 41.3 Å². The molecule has 1 amide bonds. The van der Waals surface area contributed by atoms with E-state index >= 15 is 0 Å². The van der Waals surface area contributed by atoms with Crippen molar-refractivity contribution in [3.05, 3.63) is 176 Å². The predicted octanol–water partition coefficient (Wildman–Crippen LogP) is 13.0. The van der Waals surface area contributed by atoms with E-state index in [1.807, 2.05) is 48.5 Å². The Morgan fingerprint density at radius 3 is 1.63 bits per heavy atom. The Labute approximate surface area is 345 Å². The van der Waals surface area contributed by atoms with E-state index in [2.05, 4.69) is 88.2 Å². The van der Waals surface area contributed by atoms with Crippen LogP contribution in [0.1, 0.15) is 90.8 Å². The summed E-state index contributed by atoms with van der Waals surface area (Å²) in [7, 11) is 0. The number of benzene rings is 5. The van der Waals surface area contributed by atoms with Gasteiger partial charge in [0.2, 0.25) is 0 Å². The van der Waals surface area contributed by atoms with Crippen LogP contribution in [0, 0.1) is 0 Å². The van der Waals surface area contributed by atoms with Gasteiger partial charge in [0.05, 0.1) is 16.6 Å². The summed E-state index contributed by atoms with van der Waals surface area (Å²) in [5.41, 5.74) is 6.85. The number of aromatic amines is 1. The molecule has 0 unspecified atom stereocenters. The molecule has 300 valence electrons. The number of hydrogen-bond donors (Lipinski definition) is 2. The molecule has 6 rings (SSSR count). The van der Waals surface area contributed by atoms with Gasteiger partial charge in [0.25, 0.3) is 5.91 Å². The Hall–Kier alpha value is -4.56. The van der Waals surface area contributed by atoms with Crippen LogP contribution in [0.4, 0.5) is 13.2 Å². The van der Waals surface area contributed by atoms with E-state index in [-0.39, 0.29) is 22.9 Å². The van der Waals surface area contributed by atoms with Gasteiger partial charge in [-0.3, -0.25) is 4.79 Å². The molecule has 0 atom stereocenters. The summed E-state index contributed by atoms with van der Waals surface area (Å²) in [6.45, 7) is 15.6. The summed E-state index contributed by atoms with van der Waals surface area (Å²) in [6, 6.07) is 35.9. The maximum atomic E-state index is 13.8. The van der Waals surface area contributed by atoms with E-state index < -0.39 is 17.6 Å². The van der Waals surface area contributed by atoms with Crippen LogP contribution in [-0.2, 0) is 42.9 Å². The first-order valence-corrected chi connectivity index (χ1v) is 20.0. The van der Waals surface area contributed by atoms with Crippen LogP contribution in [0.15, 0.2) is 121 Å². The predicted molar refractivity (Wildman–Crippen MR) is 230 cm³/mol. The van der Waals surface area contributed by atoms with Crippen molar-refractivity contribution >= 4 is 40.0 Å². The molecule has 6 aromatic rings. The summed E-state index contributed by atoms with van der Waals surface area (Å²) in [5, 5.41) is 5.25. The van der Waals surface area contributed by atoms with Crippen LogP contribution in [0.25, 0.3) is 10.9 Å². The number of nitrogens with zero attached hydrogens (tertiary/aromatic N) is 1. The highest BCUT2D eigenvalue weighted by Gasteiger charge is 2.33. The van der Waals surface area contributed by atoms with Gasteiger partial charge in [0.15, 0.2) is 0 Å². The largest absolute Gasteiger partial charge is 0.416 e. The molecule has 0 aliphatic heterocycles. The molecule has 4 nitrogen and oxygen atoms in total. The van der Waals surface area contributed by atoms with Gasteiger partial charge < -0.3 is 15.2 Å². The number of nitrogens with one attached hydrogen (secondary N) is 2. The molecule has 1 heterocycles. The van der Waals surface area contributed by atoms with Crippen LogP contribution in [-0.4, -0.2) is 28.9 Å². The zero-order valence-electron chi connectivity index (χ0n) is 33.5. The first kappa shape index (κ1) is 43.6. The van der Waals surface area contributed by atoms with Crippen molar-refractivity contribution in [2.45, 2.75) is 84.5 Å². The molecule has 0 saturated heterocycles. The summed E-state index contributed by atoms with van der Waals surface area (Å²) in [5.74, 6) is -0.456. The molecule has 0 aliphatic carbocycles. The molecule has 0 saturated carbocycles. The average Bonchev–Trinajstić information content (AvgIpc) is 3.65. The molecule has 0 aliphatic rings. The van der Waals surface area contributed by atoms with Gasteiger partial charge in [-0.25, -0.2) is 0 Å². The lowest BCUT2D eigenvalue weighted by molar-refractivity contribution is -0.137. The van der Waals surface area contributed by atoms with Crippen molar-refractivity contribution in [2.24, 2.45) is 0 Å². The van der Waals surface area contributed by atoms with Gasteiger partial charge in [-0.15, -0.1) is 0 Å². The highest BCUT2D eigenvalue weighted by molar-refractivity contribution is 6.30. The molecule has 1 aromatic heterocycles. The summed E-state index contributed by atoms with van der Waals surface area (Å²) >= 11 is 11.9. The Morgan fingerprint density at radius 2 is 1.12 bits per heavy atom. The quantitative estimate of drug-likeness (QED) is 0.128. The number of hydrogen-bond acceptors (Lipinski definition) is 2. The lowest BCUT2D eigenvalue weighted by Crippen LogP contribution is -2.33. The van der Waals surface area contributed by atoms with E-state index in [1.165, 1.54) is 16.7 Å². The Balaban J connectivity index is 0.000000251. The van der Waals surface area contributed by atoms with Crippen LogP contribution in [0.3, 0.4) is 0 Å². The number of carbonyl (C=O) groups is 1. The molecule has 0 spiro atoms. The Morgan fingerprint density at radius 1 is 0.632 bits per heavy atom. The average molecular weight is 815 g/mol. The third kappa shape index (κ3) is 12.7. The molecule has 9 heteroatoms. The third-order valence-electron chi connectivity index (χ3n) is 9.93. The van der Waals surface area contributed by atoms with E-state index in [1.54, 1.807) is 29.3 Å². The van der Waals surface area contributed by atoms with Crippen LogP contribution in [0.2, 0.25) is 10.0 Å². The van der Waals surface area contributed by atoms with Crippen molar-refractivity contribution < 1.29 is 18.0 Å². The van der Waals surface area contributed by atoms with Crippen molar-refractivity contribution in [2.75, 3.05) is 13.1 Å². The van der Waals surface area contributed by atoms with E-state index in [9.17, 15) is 18.0 Å². The fourth-order valence-electron chi connectivity index (χ4n) is 6.41. The molecule has 2 N–H and O–H groups in total. The second-order valence-electron chi connectivity index (χ2n) is 16.5. The number of rotatable bonds is 11. The fourth-order valence-corrected chi connectivity index (χ4v) is 6.66. The number of fused-ring (bicyclic) bond motifs is 1. The van der Waals surface area contributed by atoms with Gasteiger partial charge in [-0.05, 0) is 106 Å². The number of carbonyl (C=O) groups excluding carboxylic acids is 1. The second kappa shape index (κ2) is 18.8. The highest BCUT2D eigenvalue weighted by atomic mass is 35.5. The highest BCUT2D eigenvalue weighted by Crippen LogP contribution is 2.34. The van der Waals surface area contributed by atoms with Crippen LogP contribution in [0.5, 0.6) is 0 Å². The molecule has 57 heavy (non-hydrogen) atoms. The zero-order chi connectivity index (χ0) is 41.4. The number of amides is 1. The van der Waals surface area contributed by atoms with E-state index in [4.69, 9.17) is 23.2 Å². The monoisotopic (exact) mass is 813 g/mol. The number of alkyl halides is 3. The molecule has 0 radical (unpaired) electrons. The Bertz CT molecular complexity index is 2200. The fraction of sp³-hybridized carbons (Fsp3) is 0.312.